The van der Waals surface area contributed by atoms with E-state index in [9.17, 15) is 0 Å². The van der Waals surface area contributed by atoms with Gasteiger partial charge in [0.2, 0.25) is 0 Å². The van der Waals surface area contributed by atoms with Gasteiger partial charge in [-0.05, 0) is 18.8 Å². The topological polar surface area (TPSA) is 0 Å². The molecule has 0 unspecified atom stereocenters. The lowest BCUT2D eigenvalue weighted by molar-refractivity contribution is 0.594. The van der Waals surface area contributed by atoms with Gasteiger partial charge in [0.15, 0.2) is 0 Å². The molecule has 0 aromatic rings. The van der Waals surface area contributed by atoms with Gasteiger partial charge >= 0.3 is 0 Å². The summed E-state index contributed by atoms with van der Waals surface area (Å²) in [6, 6.07) is 0. The molecule has 0 saturated carbocycles. The predicted molar refractivity (Wildman–Crippen MR) is 37.2 cm³/mol. The third-order valence-corrected chi connectivity index (χ3v) is 2.23. The summed E-state index contributed by atoms with van der Waals surface area (Å²) in [7, 11) is 0. The van der Waals surface area contributed by atoms with E-state index in [0.717, 1.165) is 6.42 Å². The molecule has 0 N–H and O–H groups in total. The van der Waals surface area contributed by atoms with Crippen molar-refractivity contribution in [3.63, 3.8) is 0 Å². The van der Waals surface area contributed by atoms with Crippen LogP contribution in [0.2, 0.25) is 0 Å². The summed E-state index contributed by atoms with van der Waals surface area (Å²) in [5.74, 6) is 0.588. The Balaban J connectivity index is 2.47. The molecule has 0 aliphatic heterocycles. The van der Waals surface area contributed by atoms with E-state index in [2.05, 4.69) is 19.1 Å². The number of hydrogen-bond acceptors (Lipinski definition) is 0. The molecule has 0 saturated heterocycles. The Kier molecular flexibility index (Phi) is 1.95. The van der Waals surface area contributed by atoms with Crippen LogP contribution in [0.1, 0.15) is 19.8 Å². The Morgan fingerprint density at radius 3 is 2.75 bits per heavy atom. The van der Waals surface area contributed by atoms with E-state index < -0.39 is 0 Å². The molecule has 0 aromatic heterocycles. The summed E-state index contributed by atoms with van der Waals surface area (Å²) >= 11 is 5.92. The lowest BCUT2D eigenvalue weighted by atomic mass is 9.97. The molecular weight excluding hydrogens is 120 g/mol. The highest BCUT2D eigenvalue weighted by atomic mass is 35.5. The quantitative estimate of drug-likeness (QED) is 0.349. The van der Waals surface area contributed by atoms with Crippen LogP contribution in [0.15, 0.2) is 12.2 Å². The van der Waals surface area contributed by atoms with Crippen molar-refractivity contribution < 1.29 is 0 Å². The Labute approximate surface area is 55.5 Å². The third-order valence-electron chi connectivity index (χ3n) is 1.62. The molecule has 1 rings (SSSR count). The van der Waals surface area contributed by atoms with Crippen LogP contribution >= 0.6 is 11.6 Å². The minimum Gasteiger partial charge on any atom is -0.122 e. The first kappa shape index (κ1) is 6.15. The summed E-state index contributed by atoms with van der Waals surface area (Å²) in [6.07, 6.45) is 6.72. The fraction of sp³-hybridized carbons (Fsp3) is 0.714. The molecule has 0 amide bonds. The molecule has 2 atom stereocenters. The second-order valence-corrected chi connectivity index (χ2v) is 2.94. The Morgan fingerprint density at radius 1 is 1.62 bits per heavy atom. The van der Waals surface area contributed by atoms with Crippen LogP contribution < -0.4 is 0 Å². The lowest BCUT2D eigenvalue weighted by Gasteiger charge is -2.16. The molecule has 0 bridgehead atoms. The monoisotopic (exact) mass is 130 g/mol. The van der Waals surface area contributed by atoms with E-state index in [1.165, 1.54) is 6.42 Å². The Morgan fingerprint density at radius 2 is 2.38 bits per heavy atom. The molecule has 1 aliphatic rings. The highest BCUT2D eigenvalue weighted by Crippen LogP contribution is 2.21. The molecule has 1 heteroatoms. The lowest BCUT2D eigenvalue weighted by Crippen LogP contribution is -2.11. The van der Waals surface area contributed by atoms with Gasteiger partial charge in [0, 0.05) is 5.38 Å². The molecule has 0 aromatic carbocycles. The SMILES string of the molecule is C[C@@H]1C=CCC[C@H]1Cl. The molecule has 0 nitrogen and oxygen atoms in total. The molecule has 0 fully saturated rings. The van der Waals surface area contributed by atoms with E-state index in [4.69, 9.17) is 11.6 Å². The molecular formula is C7H11Cl. The van der Waals surface area contributed by atoms with Crippen molar-refractivity contribution in [2.75, 3.05) is 0 Å². The first-order valence-electron chi connectivity index (χ1n) is 3.11. The van der Waals surface area contributed by atoms with Crippen LogP contribution in [0.25, 0.3) is 0 Å². The first-order chi connectivity index (χ1) is 3.80. The van der Waals surface area contributed by atoms with Crippen molar-refractivity contribution in [3.05, 3.63) is 12.2 Å². The van der Waals surface area contributed by atoms with Crippen molar-refractivity contribution in [3.8, 4) is 0 Å². The fourth-order valence-electron chi connectivity index (χ4n) is 0.950. The van der Waals surface area contributed by atoms with Gasteiger partial charge in [-0.2, -0.15) is 0 Å². The zero-order chi connectivity index (χ0) is 5.98. The maximum absolute atomic E-state index is 5.92. The minimum absolute atomic E-state index is 0.389. The van der Waals surface area contributed by atoms with Crippen LogP contribution in [-0.2, 0) is 0 Å². The highest BCUT2D eigenvalue weighted by molar-refractivity contribution is 6.20. The zero-order valence-corrected chi connectivity index (χ0v) is 5.86. The summed E-state index contributed by atoms with van der Waals surface area (Å²) in [5.41, 5.74) is 0. The van der Waals surface area contributed by atoms with Crippen LogP contribution in [-0.4, -0.2) is 5.38 Å². The standard InChI is InChI=1S/C7H11Cl/c1-6-4-2-3-5-7(6)8/h2,4,6-7H,3,5H2,1H3/t6-,7-/m1/s1. The van der Waals surface area contributed by atoms with Gasteiger partial charge in [0.25, 0.3) is 0 Å². The highest BCUT2D eigenvalue weighted by Gasteiger charge is 2.12. The molecule has 0 spiro atoms. The minimum atomic E-state index is 0.389. The average Bonchev–Trinajstić information content (AvgIpc) is 1.77. The van der Waals surface area contributed by atoms with Gasteiger partial charge in [-0.15, -0.1) is 11.6 Å². The molecule has 1 aliphatic carbocycles. The largest absolute Gasteiger partial charge is 0.122 e. The number of rotatable bonds is 0. The average molecular weight is 131 g/mol. The van der Waals surface area contributed by atoms with Crippen molar-refractivity contribution in [1.29, 1.82) is 0 Å². The Bertz CT molecular complexity index is 96.6. The fourth-order valence-corrected chi connectivity index (χ4v) is 1.16. The van der Waals surface area contributed by atoms with Crippen LogP contribution in [0.5, 0.6) is 0 Å². The first-order valence-corrected chi connectivity index (χ1v) is 3.55. The second kappa shape index (κ2) is 2.54. The summed E-state index contributed by atoms with van der Waals surface area (Å²) in [4.78, 5) is 0. The van der Waals surface area contributed by atoms with Crippen LogP contribution in [0, 0.1) is 5.92 Å². The second-order valence-electron chi connectivity index (χ2n) is 2.38. The van der Waals surface area contributed by atoms with Crippen molar-refractivity contribution in [2.45, 2.75) is 25.1 Å². The van der Waals surface area contributed by atoms with Crippen molar-refractivity contribution in [2.24, 2.45) is 5.92 Å². The molecule has 0 heterocycles. The summed E-state index contributed by atoms with van der Waals surface area (Å²) in [6.45, 7) is 2.16. The molecule has 8 heavy (non-hydrogen) atoms. The van der Waals surface area contributed by atoms with Crippen LogP contribution in [0.3, 0.4) is 0 Å². The van der Waals surface area contributed by atoms with E-state index >= 15 is 0 Å². The van der Waals surface area contributed by atoms with Crippen molar-refractivity contribution >= 4 is 11.6 Å². The Hall–Kier alpha value is 0.0300. The number of allylic oxidation sites excluding steroid dienone is 2. The normalized spacial score (nSPS) is 37.8. The predicted octanol–water partition coefficient (Wildman–Crippen LogP) is 2.58. The summed E-state index contributed by atoms with van der Waals surface area (Å²) < 4.78 is 0. The van der Waals surface area contributed by atoms with Gasteiger partial charge in [-0.1, -0.05) is 19.1 Å². The third kappa shape index (κ3) is 1.25. The zero-order valence-electron chi connectivity index (χ0n) is 5.10. The maximum Gasteiger partial charge on any atom is 0.0399 e. The van der Waals surface area contributed by atoms with Gasteiger partial charge in [0.05, 0.1) is 0 Å². The van der Waals surface area contributed by atoms with Gasteiger partial charge < -0.3 is 0 Å². The van der Waals surface area contributed by atoms with E-state index in [1.807, 2.05) is 0 Å². The van der Waals surface area contributed by atoms with Crippen molar-refractivity contribution in [1.82, 2.24) is 0 Å². The molecule has 46 valence electrons. The van der Waals surface area contributed by atoms with E-state index in [0.29, 0.717) is 11.3 Å². The van der Waals surface area contributed by atoms with Crippen LogP contribution in [0.4, 0.5) is 0 Å². The number of halogens is 1. The smallest absolute Gasteiger partial charge is 0.0399 e. The van der Waals surface area contributed by atoms with Gasteiger partial charge in [-0.25, -0.2) is 0 Å². The van der Waals surface area contributed by atoms with Gasteiger partial charge in [0.1, 0.15) is 0 Å². The molecule has 0 radical (unpaired) electrons. The van der Waals surface area contributed by atoms with Gasteiger partial charge in [-0.3, -0.25) is 0 Å². The summed E-state index contributed by atoms with van der Waals surface area (Å²) in [5, 5.41) is 0.389. The maximum atomic E-state index is 5.92. The number of hydrogen-bond donors (Lipinski definition) is 0. The van der Waals surface area contributed by atoms with E-state index in [1.54, 1.807) is 0 Å². The number of alkyl halides is 1. The van der Waals surface area contributed by atoms with E-state index in [-0.39, 0.29) is 0 Å².